The van der Waals surface area contributed by atoms with Gasteiger partial charge in [0.2, 0.25) is 0 Å². The lowest BCUT2D eigenvalue weighted by molar-refractivity contribution is 0.415. The quantitative estimate of drug-likeness (QED) is 0.535. The Balaban J connectivity index is 2.04. The Morgan fingerprint density at radius 2 is 1.29 bits per heavy atom. The van der Waals surface area contributed by atoms with Gasteiger partial charge in [-0.3, -0.25) is 0 Å². The van der Waals surface area contributed by atoms with E-state index in [1.165, 1.54) is 27.8 Å². The van der Waals surface area contributed by atoms with E-state index in [1.807, 2.05) is 12.1 Å². The van der Waals surface area contributed by atoms with Gasteiger partial charge in [0.1, 0.15) is 5.75 Å². The number of methoxy groups -OCH3 is 1. The third kappa shape index (κ3) is 3.75. The summed E-state index contributed by atoms with van der Waals surface area (Å²) in [6, 6.07) is 29.5. The smallest absolute Gasteiger partial charge is 0.118 e. The van der Waals surface area contributed by atoms with Gasteiger partial charge >= 0.3 is 0 Å². The summed E-state index contributed by atoms with van der Waals surface area (Å²) < 4.78 is 5.27. The summed E-state index contributed by atoms with van der Waals surface area (Å²) in [5.41, 5.74) is 6.48. The zero-order chi connectivity index (χ0) is 16.8. The molecule has 0 N–H and O–H groups in total. The van der Waals surface area contributed by atoms with E-state index in [0.717, 1.165) is 12.2 Å². The number of benzene rings is 3. The Morgan fingerprint density at radius 3 is 1.88 bits per heavy atom. The average molecular weight is 314 g/mol. The first-order valence-corrected chi connectivity index (χ1v) is 8.21. The lowest BCUT2D eigenvalue weighted by Crippen LogP contribution is -1.95. The van der Waals surface area contributed by atoms with Gasteiger partial charge in [-0.1, -0.05) is 72.8 Å². The van der Waals surface area contributed by atoms with Crippen molar-refractivity contribution >= 4 is 11.1 Å². The molecule has 0 radical (unpaired) electrons. The third-order valence-corrected chi connectivity index (χ3v) is 4.32. The highest BCUT2D eigenvalue weighted by Crippen LogP contribution is 2.30. The van der Waals surface area contributed by atoms with Gasteiger partial charge in [-0.15, -0.1) is 0 Å². The average Bonchev–Trinajstić information content (AvgIpc) is 2.67. The van der Waals surface area contributed by atoms with Crippen LogP contribution < -0.4 is 4.74 Å². The van der Waals surface area contributed by atoms with Crippen molar-refractivity contribution in [2.45, 2.75) is 13.3 Å². The Labute approximate surface area is 144 Å². The van der Waals surface area contributed by atoms with Gasteiger partial charge in [-0.05, 0) is 53.3 Å². The maximum Gasteiger partial charge on any atom is 0.118 e. The van der Waals surface area contributed by atoms with E-state index in [1.54, 1.807) is 7.11 Å². The number of hydrogen-bond acceptors (Lipinski definition) is 1. The molecule has 3 aromatic rings. The molecule has 0 saturated heterocycles. The fourth-order valence-electron chi connectivity index (χ4n) is 2.91. The molecule has 0 bridgehead atoms. The Morgan fingerprint density at radius 1 is 0.708 bits per heavy atom. The molecule has 3 aromatic carbocycles. The van der Waals surface area contributed by atoms with Crippen LogP contribution in [0.25, 0.3) is 11.1 Å². The summed E-state index contributed by atoms with van der Waals surface area (Å²) in [6.07, 6.45) is 0.919. The van der Waals surface area contributed by atoms with Crippen LogP contribution in [-0.4, -0.2) is 7.11 Å². The molecule has 0 unspecified atom stereocenters. The van der Waals surface area contributed by atoms with Gasteiger partial charge in [0, 0.05) is 0 Å². The van der Waals surface area contributed by atoms with Crippen molar-refractivity contribution in [3.8, 4) is 5.75 Å². The van der Waals surface area contributed by atoms with Gasteiger partial charge < -0.3 is 4.74 Å². The maximum atomic E-state index is 5.27. The molecule has 0 aliphatic carbocycles. The number of hydrogen-bond donors (Lipinski definition) is 0. The SMILES string of the molecule is COc1ccc(/C(C)=C(\Cc2ccccc2)c2ccccc2)cc1. The van der Waals surface area contributed by atoms with Crippen LogP contribution in [0.15, 0.2) is 84.9 Å². The minimum atomic E-state index is 0.885. The summed E-state index contributed by atoms with van der Waals surface area (Å²) in [7, 11) is 1.70. The van der Waals surface area contributed by atoms with Crippen LogP contribution in [-0.2, 0) is 6.42 Å². The molecular formula is C23H22O. The summed E-state index contributed by atoms with van der Waals surface area (Å²) in [5, 5.41) is 0. The maximum absolute atomic E-state index is 5.27. The standard InChI is InChI=1S/C23H22O/c1-18(20-13-15-22(24-2)16-14-20)23(21-11-7-4-8-12-21)17-19-9-5-3-6-10-19/h3-16H,17H2,1-2H3/b23-18+. The fourth-order valence-corrected chi connectivity index (χ4v) is 2.91. The van der Waals surface area contributed by atoms with Crippen molar-refractivity contribution in [1.29, 1.82) is 0 Å². The van der Waals surface area contributed by atoms with Gasteiger partial charge in [0.15, 0.2) is 0 Å². The molecule has 0 atom stereocenters. The molecule has 0 fully saturated rings. The zero-order valence-corrected chi connectivity index (χ0v) is 14.2. The predicted octanol–water partition coefficient (Wildman–Crippen LogP) is 5.87. The van der Waals surface area contributed by atoms with Crippen molar-refractivity contribution < 1.29 is 4.74 Å². The molecule has 0 amide bonds. The third-order valence-electron chi connectivity index (χ3n) is 4.32. The van der Waals surface area contributed by atoms with Gasteiger partial charge in [0.05, 0.1) is 7.11 Å². The molecule has 0 spiro atoms. The Bertz CT molecular complexity index is 800. The van der Waals surface area contributed by atoms with Crippen LogP contribution >= 0.6 is 0 Å². The Kier molecular flexibility index (Phi) is 5.12. The molecule has 1 heteroatoms. The molecule has 1 nitrogen and oxygen atoms in total. The van der Waals surface area contributed by atoms with Crippen molar-refractivity contribution in [1.82, 2.24) is 0 Å². The van der Waals surface area contributed by atoms with Crippen molar-refractivity contribution in [3.05, 3.63) is 102 Å². The van der Waals surface area contributed by atoms with E-state index in [4.69, 9.17) is 4.74 Å². The van der Waals surface area contributed by atoms with Crippen LogP contribution in [0.4, 0.5) is 0 Å². The molecule has 120 valence electrons. The first kappa shape index (κ1) is 16.1. The Hall–Kier alpha value is -2.80. The molecule has 0 heterocycles. The second-order valence-electron chi connectivity index (χ2n) is 5.86. The summed E-state index contributed by atoms with van der Waals surface area (Å²) in [5.74, 6) is 0.885. The fraction of sp³-hybridized carbons (Fsp3) is 0.130. The van der Waals surface area contributed by atoms with Crippen LogP contribution in [0.2, 0.25) is 0 Å². The minimum absolute atomic E-state index is 0.885. The van der Waals surface area contributed by atoms with Crippen LogP contribution in [0.3, 0.4) is 0 Å². The summed E-state index contributed by atoms with van der Waals surface area (Å²) >= 11 is 0. The van der Waals surface area contributed by atoms with Crippen LogP contribution in [0.5, 0.6) is 5.75 Å². The molecule has 3 rings (SSSR count). The molecule has 0 aliphatic heterocycles. The molecule has 24 heavy (non-hydrogen) atoms. The minimum Gasteiger partial charge on any atom is -0.497 e. The molecule has 0 saturated carbocycles. The first-order chi connectivity index (χ1) is 11.8. The van der Waals surface area contributed by atoms with Crippen LogP contribution in [0.1, 0.15) is 23.6 Å². The second-order valence-corrected chi connectivity index (χ2v) is 5.86. The van der Waals surface area contributed by atoms with Crippen LogP contribution in [0, 0.1) is 0 Å². The molecule has 0 aliphatic rings. The summed E-state index contributed by atoms with van der Waals surface area (Å²) in [4.78, 5) is 0. The van der Waals surface area contributed by atoms with Gasteiger partial charge in [-0.2, -0.15) is 0 Å². The first-order valence-electron chi connectivity index (χ1n) is 8.21. The number of rotatable bonds is 5. The second kappa shape index (κ2) is 7.65. The molecular weight excluding hydrogens is 292 g/mol. The van der Waals surface area contributed by atoms with E-state index in [9.17, 15) is 0 Å². The lowest BCUT2D eigenvalue weighted by Gasteiger charge is -2.14. The lowest BCUT2D eigenvalue weighted by atomic mass is 9.91. The van der Waals surface area contributed by atoms with Gasteiger partial charge in [-0.25, -0.2) is 0 Å². The highest BCUT2D eigenvalue weighted by atomic mass is 16.5. The topological polar surface area (TPSA) is 9.23 Å². The predicted molar refractivity (Wildman–Crippen MR) is 102 cm³/mol. The van der Waals surface area contributed by atoms with Gasteiger partial charge in [0.25, 0.3) is 0 Å². The normalized spacial score (nSPS) is 11.8. The van der Waals surface area contributed by atoms with Crippen molar-refractivity contribution in [3.63, 3.8) is 0 Å². The van der Waals surface area contributed by atoms with E-state index in [0.29, 0.717) is 0 Å². The molecule has 0 aromatic heterocycles. The van der Waals surface area contributed by atoms with E-state index < -0.39 is 0 Å². The van der Waals surface area contributed by atoms with E-state index >= 15 is 0 Å². The summed E-state index contributed by atoms with van der Waals surface area (Å²) in [6.45, 7) is 2.20. The van der Waals surface area contributed by atoms with Crippen molar-refractivity contribution in [2.75, 3.05) is 7.11 Å². The monoisotopic (exact) mass is 314 g/mol. The van der Waals surface area contributed by atoms with E-state index in [2.05, 4.69) is 79.7 Å². The van der Waals surface area contributed by atoms with E-state index in [-0.39, 0.29) is 0 Å². The van der Waals surface area contributed by atoms with Crippen molar-refractivity contribution in [2.24, 2.45) is 0 Å². The zero-order valence-electron chi connectivity index (χ0n) is 14.2. The highest BCUT2D eigenvalue weighted by Gasteiger charge is 2.09. The number of allylic oxidation sites excluding steroid dienone is 2. The number of ether oxygens (including phenoxy) is 1. The highest BCUT2D eigenvalue weighted by molar-refractivity contribution is 5.90. The largest absolute Gasteiger partial charge is 0.497 e.